The number of anilines is 2. The van der Waals surface area contributed by atoms with Crippen LogP contribution in [0.2, 0.25) is 0 Å². The molecule has 0 aromatic heterocycles. The summed E-state index contributed by atoms with van der Waals surface area (Å²) in [6.45, 7) is 3.27. The van der Waals surface area contributed by atoms with Crippen LogP contribution < -0.4 is 15.4 Å². The molecular formula is C21H24N2O5. The summed E-state index contributed by atoms with van der Waals surface area (Å²) in [7, 11) is 1.57. The summed E-state index contributed by atoms with van der Waals surface area (Å²) >= 11 is 0. The van der Waals surface area contributed by atoms with Gasteiger partial charge in [0.15, 0.2) is 6.61 Å². The van der Waals surface area contributed by atoms with Crippen molar-refractivity contribution in [1.82, 2.24) is 0 Å². The van der Waals surface area contributed by atoms with Crippen LogP contribution in [0, 0.1) is 5.92 Å². The molecule has 1 unspecified atom stereocenters. The van der Waals surface area contributed by atoms with Crippen LogP contribution in [0.4, 0.5) is 11.4 Å². The number of hydrogen-bond donors (Lipinski definition) is 2. The molecule has 0 aliphatic rings. The lowest BCUT2D eigenvalue weighted by molar-refractivity contribution is -0.151. The molecule has 0 spiro atoms. The highest BCUT2D eigenvalue weighted by atomic mass is 16.5. The minimum absolute atomic E-state index is 0.240. The molecular weight excluding hydrogens is 360 g/mol. The number of methoxy groups -OCH3 is 1. The number of carbonyl (C=O) groups is 3. The van der Waals surface area contributed by atoms with Crippen molar-refractivity contribution in [1.29, 1.82) is 0 Å². The molecule has 7 nitrogen and oxygen atoms in total. The Hall–Kier alpha value is -3.35. The second kappa shape index (κ2) is 10.1. The molecule has 28 heavy (non-hydrogen) atoms. The van der Waals surface area contributed by atoms with Gasteiger partial charge >= 0.3 is 5.97 Å². The van der Waals surface area contributed by atoms with Gasteiger partial charge in [-0.15, -0.1) is 0 Å². The highest BCUT2D eigenvalue weighted by molar-refractivity contribution is 6.04. The van der Waals surface area contributed by atoms with Crippen LogP contribution in [0.25, 0.3) is 0 Å². The first-order chi connectivity index (χ1) is 13.4. The van der Waals surface area contributed by atoms with E-state index in [1.807, 2.05) is 6.92 Å². The van der Waals surface area contributed by atoms with Gasteiger partial charge in [0.05, 0.1) is 13.0 Å². The summed E-state index contributed by atoms with van der Waals surface area (Å²) < 4.78 is 10.0. The van der Waals surface area contributed by atoms with Crippen molar-refractivity contribution in [2.24, 2.45) is 5.92 Å². The molecule has 2 aromatic rings. The number of nitrogens with one attached hydrogen (secondary N) is 2. The first-order valence-electron chi connectivity index (χ1n) is 8.95. The average molecular weight is 384 g/mol. The fourth-order valence-electron chi connectivity index (χ4n) is 2.23. The van der Waals surface area contributed by atoms with Crippen LogP contribution in [0.5, 0.6) is 5.75 Å². The van der Waals surface area contributed by atoms with Crippen LogP contribution in [0.1, 0.15) is 30.6 Å². The number of ether oxygens (including phenoxy) is 2. The van der Waals surface area contributed by atoms with E-state index in [0.717, 1.165) is 0 Å². The fraction of sp³-hybridized carbons (Fsp3) is 0.286. The maximum Gasteiger partial charge on any atom is 0.309 e. The summed E-state index contributed by atoms with van der Waals surface area (Å²) in [5.74, 6) is -0.648. The van der Waals surface area contributed by atoms with E-state index >= 15 is 0 Å². The standard InChI is InChI=1S/C21H24N2O5/c1-4-14(2)21(26)28-13-19(24)22-16-7-5-15(6-8-16)20(25)23-17-9-11-18(27-3)12-10-17/h5-12,14H,4,13H2,1-3H3,(H,22,24)(H,23,25). The topological polar surface area (TPSA) is 93.7 Å². The van der Waals surface area contributed by atoms with Gasteiger partial charge in [0, 0.05) is 16.9 Å². The molecule has 2 rings (SSSR count). The van der Waals surface area contributed by atoms with E-state index in [2.05, 4.69) is 10.6 Å². The fourth-order valence-corrected chi connectivity index (χ4v) is 2.23. The van der Waals surface area contributed by atoms with Crippen LogP contribution in [0.3, 0.4) is 0 Å². The molecule has 0 aliphatic carbocycles. The van der Waals surface area contributed by atoms with Crippen LogP contribution in [0.15, 0.2) is 48.5 Å². The van der Waals surface area contributed by atoms with Gasteiger partial charge < -0.3 is 20.1 Å². The number of amides is 2. The van der Waals surface area contributed by atoms with Gasteiger partial charge in [-0.2, -0.15) is 0 Å². The van der Waals surface area contributed by atoms with Gasteiger partial charge in [0.25, 0.3) is 11.8 Å². The lowest BCUT2D eigenvalue weighted by atomic mass is 10.1. The maximum atomic E-state index is 12.3. The third-order valence-corrected chi connectivity index (χ3v) is 4.14. The van der Waals surface area contributed by atoms with Crippen molar-refractivity contribution in [2.75, 3.05) is 24.4 Å². The van der Waals surface area contributed by atoms with Gasteiger partial charge in [-0.25, -0.2) is 0 Å². The highest BCUT2D eigenvalue weighted by Gasteiger charge is 2.14. The Balaban J connectivity index is 1.87. The molecule has 7 heteroatoms. The Morgan fingerprint density at radius 3 is 2.07 bits per heavy atom. The largest absolute Gasteiger partial charge is 0.497 e. The first kappa shape index (κ1) is 21.0. The van der Waals surface area contributed by atoms with Crippen LogP contribution in [-0.2, 0) is 14.3 Å². The normalized spacial score (nSPS) is 11.2. The van der Waals surface area contributed by atoms with Crippen molar-refractivity contribution < 1.29 is 23.9 Å². The number of rotatable bonds is 8. The Labute approximate surface area is 164 Å². The smallest absolute Gasteiger partial charge is 0.309 e. The van der Waals surface area contributed by atoms with E-state index in [0.29, 0.717) is 29.1 Å². The molecule has 0 saturated carbocycles. The molecule has 0 fully saturated rings. The van der Waals surface area contributed by atoms with Gasteiger partial charge in [0.2, 0.25) is 0 Å². The van der Waals surface area contributed by atoms with Gasteiger partial charge in [0.1, 0.15) is 5.75 Å². The lowest BCUT2D eigenvalue weighted by Crippen LogP contribution is -2.23. The quantitative estimate of drug-likeness (QED) is 0.680. The molecule has 2 N–H and O–H groups in total. The van der Waals surface area contributed by atoms with Gasteiger partial charge in [-0.05, 0) is 55.0 Å². The van der Waals surface area contributed by atoms with E-state index in [1.54, 1.807) is 62.6 Å². The molecule has 2 amide bonds. The van der Waals surface area contributed by atoms with Gasteiger partial charge in [-0.3, -0.25) is 14.4 Å². The highest BCUT2D eigenvalue weighted by Crippen LogP contribution is 2.17. The maximum absolute atomic E-state index is 12.3. The predicted octanol–water partition coefficient (Wildman–Crippen LogP) is 3.48. The summed E-state index contributed by atoms with van der Waals surface area (Å²) in [5.41, 5.74) is 1.59. The predicted molar refractivity (Wildman–Crippen MR) is 106 cm³/mol. The number of esters is 1. The molecule has 1 atom stereocenters. The van der Waals surface area contributed by atoms with Crippen LogP contribution >= 0.6 is 0 Å². The zero-order chi connectivity index (χ0) is 20.5. The molecule has 0 radical (unpaired) electrons. The third kappa shape index (κ3) is 6.12. The second-order valence-electron chi connectivity index (χ2n) is 6.23. The van der Waals surface area contributed by atoms with Crippen molar-refractivity contribution in [2.45, 2.75) is 20.3 Å². The monoisotopic (exact) mass is 384 g/mol. The average Bonchev–Trinajstić information content (AvgIpc) is 2.72. The molecule has 2 aromatic carbocycles. The number of hydrogen-bond acceptors (Lipinski definition) is 5. The number of benzene rings is 2. The molecule has 0 bridgehead atoms. The van der Waals surface area contributed by atoms with Crippen molar-refractivity contribution in [3.8, 4) is 5.75 Å². The van der Waals surface area contributed by atoms with E-state index in [9.17, 15) is 14.4 Å². The zero-order valence-corrected chi connectivity index (χ0v) is 16.2. The number of carbonyl (C=O) groups excluding carboxylic acids is 3. The molecule has 0 saturated heterocycles. The molecule has 0 aliphatic heterocycles. The van der Waals surface area contributed by atoms with E-state index < -0.39 is 11.9 Å². The Morgan fingerprint density at radius 2 is 1.50 bits per heavy atom. The van der Waals surface area contributed by atoms with E-state index in [4.69, 9.17) is 9.47 Å². The Morgan fingerprint density at radius 1 is 0.929 bits per heavy atom. The first-order valence-corrected chi connectivity index (χ1v) is 8.95. The Bertz CT molecular complexity index is 816. The SMILES string of the molecule is CCC(C)C(=O)OCC(=O)Nc1ccc(C(=O)Nc2ccc(OC)cc2)cc1. The Kier molecular flexibility index (Phi) is 7.56. The van der Waals surface area contributed by atoms with Gasteiger partial charge in [-0.1, -0.05) is 13.8 Å². The second-order valence-corrected chi connectivity index (χ2v) is 6.23. The summed E-state index contributed by atoms with van der Waals surface area (Å²) in [6.07, 6.45) is 0.653. The molecule has 0 heterocycles. The minimum atomic E-state index is -0.438. The third-order valence-electron chi connectivity index (χ3n) is 4.14. The van der Waals surface area contributed by atoms with Crippen molar-refractivity contribution in [3.63, 3.8) is 0 Å². The van der Waals surface area contributed by atoms with Crippen LogP contribution in [-0.4, -0.2) is 31.5 Å². The summed E-state index contributed by atoms with van der Waals surface area (Å²) in [6, 6.07) is 13.4. The van der Waals surface area contributed by atoms with Crippen molar-refractivity contribution in [3.05, 3.63) is 54.1 Å². The summed E-state index contributed by atoms with van der Waals surface area (Å²) in [5, 5.41) is 5.40. The van der Waals surface area contributed by atoms with E-state index in [-0.39, 0.29) is 18.4 Å². The minimum Gasteiger partial charge on any atom is -0.497 e. The molecule has 148 valence electrons. The lowest BCUT2D eigenvalue weighted by Gasteiger charge is -2.10. The summed E-state index contributed by atoms with van der Waals surface area (Å²) in [4.78, 5) is 35.7. The van der Waals surface area contributed by atoms with E-state index in [1.165, 1.54) is 0 Å². The van der Waals surface area contributed by atoms with Crippen molar-refractivity contribution >= 4 is 29.2 Å². The zero-order valence-electron chi connectivity index (χ0n) is 16.2.